The van der Waals surface area contributed by atoms with Crippen LogP contribution in [0.2, 0.25) is 0 Å². The van der Waals surface area contributed by atoms with E-state index in [-0.39, 0.29) is 6.61 Å². The minimum Gasteiger partial charge on any atom is -0.394 e. The molecule has 2 rings (SSSR count). The van der Waals surface area contributed by atoms with Crippen LogP contribution in [0.1, 0.15) is 17.6 Å². The molecule has 4 N–H and O–H groups in total. The summed E-state index contributed by atoms with van der Waals surface area (Å²) in [6, 6.07) is 5.17. The van der Waals surface area contributed by atoms with Gasteiger partial charge in [0, 0.05) is 11.9 Å². The first-order valence-corrected chi connectivity index (χ1v) is 5.06. The van der Waals surface area contributed by atoms with Crippen molar-refractivity contribution in [2.24, 2.45) is 5.73 Å². The largest absolute Gasteiger partial charge is 0.394 e. The van der Waals surface area contributed by atoms with Crippen LogP contribution in [-0.4, -0.2) is 26.7 Å². The molecule has 2 heterocycles. The second-order valence-corrected chi connectivity index (χ2v) is 3.63. The Kier molecular flexibility index (Phi) is 2.98. The molecule has 0 spiro atoms. The molecule has 1 atom stereocenters. The molecule has 0 aromatic carbocycles. The minimum absolute atomic E-state index is 0.159. The van der Waals surface area contributed by atoms with Crippen molar-refractivity contribution in [2.75, 3.05) is 6.61 Å². The maximum absolute atomic E-state index is 8.99. The molecule has 0 amide bonds. The van der Waals surface area contributed by atoms with Gasteiger partial charge in [0.05, 0.1) is 24.0 Å². The molecule has 2 aromatic heterocycles. The van der Waals surface area contributed by atoms with E-state index in [9.17, 15) is 0 Å². The van der Waals surface area contributed by atoms with Gasteiger partial charge in [0.25, 0.3) is 0 Å². The predicted octanol–water partition coefficient (Wildman–Crippen LogP) is 0.772. The van der Waals surface area contributed by atoms with Gasteiger partial charge in [0.1, 0.15) is 5.82 Å². The Morgan fingerprint density at radius 3 is 2.94 bits per heavy atom. The number of H-pyrrole nitrogens is 1. The van der Waals surface area contributed by atoms with Crippen LogP contribution >= 0.6 is 0 Å². The number of aromatic nitrogens is 3. The summed E-state index contributed by atoms with van der Waals surface area (Å²) < 4.78 is 0. The highest BCUT2D eigenvalue weighted by Gasteiger charge is 2.11. The topological polar surface area (TPSA) is 87.8 Å². The Hall–Kier alpha value is -1.72. The molecule has 0 saturated heterocycles. The molecular weight excluding hydrogens is 204 g/mol. The summed E-state index contributed by atoms with van der Waals surface area (Å²) in [6.45, 7) is 1.72. The van der Waals surface area contributed by atoms with Crippen LogP contribution < -0.4 is 5.73 Å². The molecule has 0 aliphatic rings. The number of rotatable bonds is 3. The van der Waals surface area contributed by atoms with Crippen LogP contribution in [0.15, 0.2) is 24.4 Å². The zero-order chi connectivity index (χ0) is 11.5. The summed E-state index contributed by atoms with van der Waals surface area (Å²) >= 11 is 0. The number of hydrogen-bond acceptors (Lipinski definition) is 4. The number of aliphatic hydroxyl groups is 1. The van der Waals surface area contributed by atoms with E-state index in [1.165, 1.54) is 0 Å². The first-order valence-electron chi connectivity index (χ1n) is 5.06. The second kappa shape index (κ2) is 4.42. The molecule has 0 aliphatic carbocycles. The molecule has 16 heavy (non-hydrogen) atoms. The maximum atomic E-state index is 8.99. The normalized spacial score (nSPS) is 12.7. The molecule has 2 aromatic rings. The molecule has 0 fully saturated rings. The van der Waals surface area contributed by atoms with E-state index >= 15 is 0 Å². The molecule has 1 unspecified atom stereocenters. The third-order valence-corrected chi connectivity index (χ3v) is 2.27. The number of nitrogens with two attached hydrogens (primary N) is 1. The van der Waals surface area contributed by atoms with Gasteiger partial charge in [-0.25, -0.2) is 9.97 Å². The monoisotopic (exact) mass is 218 g/mol. The summed E-state index contributed by atoms with van der Waals surface area (Å²) in [6.07, 6.45) is 1.83. The fraction of sp³-hybridized carbons (Fsp3) is 0.273. The van der Waals surface area contributed by atoms with E-state index in [0.29, 0.717) is 5.82 Å². The van der Waals surface area contributed by atoms with Crippen molar-refractivity contribution < 1.29 is 5.11 Å². The van der Waals surface area contributed by atoms with Gasteiger partial charge in [0.2, 0.25) is 0 Å². The predicted molar refractivity (Wildman–Crippen MR) is 60.6 cm³/mol. The number of nitrogens with zero attached hydrogens (tertiary/aromatic N) is 2. The standard InChI is InChI=1S/C11H14N4O/c1-7-5-10(9-3-2-4-13-9)15-11(14-7)8(12)6-16/h2-5,8,13,16H,6,12H2,1H3. The zero-order valence-corrected chi connectivity index (χ0v) is 9.01. The Labute approximate surface area is 93.4 Å². The molecule has 0 saturated carbocycles. The van der Waals surface area contributed by atoms with Gasteiger partial charge in [-0.05, 0) is 25.1 Å². The summed E-state index contributed by atoms with van der Waals surface area (Å²) in [4.78, 5) is 11.6. The van der Waals surface area contributed by atoms with Gasteiger partial charge in [-0.15, -0.1) is 0 Å². The van der Waals surface area contributed by atoms with Crippen LogP contribution in [0.3, 0.4) is 0 Å². The Balaban J connectivity index is 2.44. The van der Waals surface area contributed by atoms with Gasteiger partial charge < -0.3 is 15.8 Å². The summed E-state index contributed by atoms with van der Waals surface area (Å²) in [5, 5.41) is 8.99. The molecular formula is C11H14N4O. The number of aliphatic hydroxyl groups excluding tert-OH is 1. The number of aromatic amines is 1. The molecule has 0 radical (unpaired) electrons. The Bertz CT molecular complexity index is 467. The van der Waals surface area contributed by atoms with Crippen molar-refractivity contribution in [1.82, 2.24) is 15.0 Å². The van der Waals surface area contributed by atoms with Crippen LogP contribution in [0.4, 0.5) is 0 Å². The van der Waals surface area contributed by atoms with E-state index in [0.717, 1.165) is 17.1 Å². The van der Waals surface area contributed by atoms with Crippen LogP contribution in [0, 0.1) is 6.92 Å². The Morgan fingerprint density at radius 2 is 2.31 bits per heavy atom. The summed E-state index contributed by atoms with van der Waals surface area (Å²) in [7, 11) is 0. The molecule has 0 aliphatic heterocycles. The number of hydrogen-bond donors (Lipinski definition) is 3. The third-order valence-electron chi connectivity index (χ3n) is 2.27. The van der Waals surface area contributed by atoms with Crippen molar-refractivity contribution in [3.63, 3.8) is 0 Å². The fourth-order valence-electron chi connectivity index (χ4n) is 1.47. The zero-order valence-electron chi connectivity index (χ0n) is 9.01. The minimum atomic E-state index is -0.534. The van der Waals surface area contributed by atoms with Crippen molar-refractivity contribution in [3.05, 3.63) is 35.9 Å². The molecule has 5 heteroatoms. The highest BCUT2D eigenvalue weighted by Crippen LogP contribution is 2.16. The number of nitrogens with one attached hydrogen (secondary N) is 1. The lowest BCUT2D eigenvalue weighted by atomic mass is 10.2. The number of aryl methyl sites for hydroxylation is 1. The maximum Gasteiger partial charge on any atom is 0.148 e. The van der Waals surface area contributed by atoms with E-state index < -0.39 is 6.04 Å². The van der Waals surface area contributed by atoms with E-state index in [1.807, 2.05) is 31.3 Å². The highest BCUT2D eigenvalue weighted by atomic mass is 16.3. The quantitative estimate of drug-likeness (QED) is 0.710. The lowest BCUT2D eigenvalue weighted by Gasteiger charge is -2.09. The van der Waals surface area contributed by atoms with Crippen LogP contribution in [-0.2, 0) is 0 Å². The average Bonchev–Trinajstić information content (AvgIpc) is 2.80. The first kappa shape index (κ1) is 10.8. The van der Waals surface area contributed by atoms with Gasteiger partial charge in [-0.2, -0.15) is 0 Å². The van der Waals surface area contributed by atoms with Gasteiger partial charge in [-0.3, -0.25) is 0 Å². The molecule has 0 bridgehead atoms. The fourth-order valence-corrected chi connectivity index (χ4v) is 1.47. The van der Waals surface area contributed by atoms with Crippen molar-refractivity contribution >= 4 is 0 Å². The third kappa shape index (κ3) is 2.10. The first-order chi connectivity index (χ1) is 7.70. The van der Waals surface area contributed by atoms with E-state index in [2.05, 4.69) is 15.0 Å². The summed E-state index contributed by atoms with van der Waals surface area (Å²) in [5.74, 6) is 0.465. The summed E-state index contributed by atoms with van der Waals surface area (Å²) in [5.41, 5.74) is 8.23. The van der Waals surface area contributed by atoms with E-state index in [1.54, 1.807) is 0 Å². The van der Waals surface area contributed by atoms with Crippen molar-refractivity contribution in [1.29, 1.82) is 0 Å². The second-order valence-electron chi connectivity index (χ2n) is 3.63. The molecule has 5 nitrogen and oxygen atoms in total. The van der Waals surface area contributed by atoms with Gasteiger partial charge in [-0.1, -0.05) is 0 Å². The average molecular weight is 218 g/mol. The van der Waals surface area contributed by atoms with Crippen molar-refractivity contribution in [3.8, 4) is 11.4 Å². The smallest absolute Gasteiger partial charge is 0.148 e. The van der Waals surface area contributed by atoms with Gasteiger partial charge in [0.15, 0.2) is 0 Å². The Morgan fingerprint density at radius 1 is 1.50 bits per heavy atom. The van der Waals surface area contributed by atoms with Crippen LogP contribution in [0.5, 0.6) is 0 Å². The SMILES string of the molecule is Cc1cc(-c2ccc[nH]2)nc(C(N)CO)n1. The van der Waals surface area contributed by atoms with Crippen molar-refractivity contribution in [2.45, 2.75) is 13.0 Å². The van der Waals surface area contributed by atoms with E-state index in [4.69, 9.17) is 10.8 Å². The molecule has 84 valence electrons. The highest BCUT2D eigenvalue weighted by molar-refractivity contribution is 5.54. The van der Waals surface area contributed by atoms with Gasteiger partial charge >= 0.3 is 0 Å². The van der Waals surface area contributed by atoms with Crippen LogP contribution in [0.25, 0.3) is 11.4 Å². The lowest BCUT2D eigenvalue weighted by Crippen LogP contribution is -2.18. The lowest BCUT2D eigenvalue weighted by molar-refractivity contribution is 0.263.